The van der Waals surface area contributed by atoms with E-state index in [0.717, 1.165) is 38.4 Å². The zero-order valence-electron chi connectivity index (χ0n) is 13.1. The third-order valence-corrected chi connectivity index (χ3v) is 5.09. The lowest BCUT2D eigenvalue weighted by atomic mass is 10.3. The Hall–Kier alpha value is -2.15. The van der Waals surface area contributed by atoms with Gasteiger partial charge in [-0.1, -0.05) is 0 Å². The third kappa shape index (κ3) is 3.79. The van der Waals surface area contributed by atoms with Crippen molar-refractivity contribution in [1.82, 2.24) is 9.97 Å². The molecule has 0 bridgehead atoms. The molecule has 23 heavy (non-hydrogen) atoms. The molecule has 122 valence electrons. The van der Waals surface area contributed by atoms with E-state index in [0.29, 0.717) is 0 Å². The Morgan fingerprint density at radius 3 is 2.30 bits per heavy atom. The number of sulfone groups is 1. The minimum absolute atomic E-state index is 0.259. The minimum Gasteiger partial charge on any atom is -0.370 e. The summed E-state index contributed by atoms with van der Waals surface area (Å²) in [5, 5.41) is 0. The fourth-order valence-corrected chi connectivity index (χ4v) is 3.30. The van der Waals surface area contributed by atoms with E-state index in [9.17, 15) is 8.42 Å². The molecule has 2 aromatic rings. The van der Waals surface area contributed by atoms with Crippen LogP contribution in [0.4, 0.5) is 11.5 Å². The van der Waals surface area contributed by atoms with Gasteiger partial charge in [0.1, 0.15) is 5.82 Å². The van der Waals surface area contributed by atoms with Crippen molar-refractivity contribution < 1.29 is 8.42 Å². The SMILES string of the molecule is CS(=O)(=O)c1ccc(N2CCCN(c3ccncc3)CC2)nc1. The molecule has 1 fully saturated rings. The molecule has 1 saturated heterocycles. The average molecular weight is 332 g/mol. The summed E-state index contributed by atoms with van der Waals surface area (Å²) >= 11 is 0. The van der Waals surface area contributed by atoms with Crippen LogP contribution in [0.25, 0.3) is 0 Å². The van der Waals surface area contributed by atoms with Gasteiger partial charge in [0.2, 0.25) is 0 Å². The Labute approximate surface area is 136 Å². The molecule has 0 unspecified atom stereocenters. The van der Waals surface area contributed by atoms with Crippen LogP contribution < -0.4 is 9.80 Å². The zero-order chi connectivity index (χ0) is 16.3. The number of hydrogen-bond donors (Lipinski definition) is 0. The molecule has 7 heteroatoms. The monoisotopic (exact) mass is 332 g/mol. The van der Waals surface area contributed by atoms with Gasteiger partial charge in [0.15, 0.2) is 9.84 Å². The van der Waals surface area contributed by atoms with Crippen molar-refractivity contribution in [3.63, 3.8) is 0 Å². The van der Waals surface area contributed by atoms with Crippen LogP contribution in [0.5, 0.6) is 0 Å². The Morgan fingerprint density at radius 1 is 0.957 bits per heavy atom. The van der Waals surface area contributed by atoms with Gasteiger partial charge in [0, 0.05) is 56.7 Å². The molecular weight excluding hydrogens is 312 g/mol. The van der Waals surface area contributed by atoms with Gasteiger partial charge in [-0.3, -0.25) is 4.98 Å². The maximum atomic E-state index is 11.5. The van der Waals surface area contributed by atoms with Crippen LogP contribution in [0, 0.1) is 0 Å². The molecule has 1 aliphatic heterocycles. The Bertz CT molecular complexity index is 747. The highest BCUT2D eigenvalue weighted by Gasteiger charge is 2.17. The lowest BCUT2D eigenvalue weighted by Crippen LogP contribution is -2.31. The van der Waals surface area contributed by atoms with E-state index in [4.69, 9.17) is 0 Å². The first kappa shape index (κ1) is 15.7. The Kier molecular flexibility index (Phi) is 4.47. The number of rotatable bonds is 3. The standard InChI is InChI=1S/C16H20N4O2S/c1-23(21,22)15-3-4-16(18-13-15)20-10-2-9-19(11-12-20)14-5-7-17-8-6-14/h3-8,13H,2,9-12H2,1H3. The van der Waals surface area contributed by atoms with E-state index in [-0.39, 0.29) is 4.90 Å². The van der Waals surface area contributed by atoms with Crippen molar-refractivity contribution in [1.29, 1.82) is 0 Å². The van der Waals surface area contributed by atoms with Gasteiger partial charge in [-0.15, -0.1) is 0 Å². The number of aromatic nitrogens is 2. The molecule has 3 rings (SSSR count). The van der Waals surface area contributed by atoms with Crippen molar-refractivity contribution in [2.75, 3.05) is 42.2 Å². The highest BCUT2D eigenvalue weighted by molar-refractivity contribution is 7.90. The van der Waals surface area contributed by atoms with Crippen molar-refractivity contribution in [2.24, 2.45) is 0 Å². The van der Waals surface area contributed by atoms with Crippen molar-refractivity contribution in [3.05, 3.63) is 42.9 Å². The fraction of sp³-hybridized carbons (Fsp3) is 0.375. The molecule has 0 aromatic carbocycles. The van der Waals surface area contributed by atoms with Crippen LogP contribution in [0.15, 0.2) is 47.8 Å². The maximum absolute atomic E-state index is 11.5. The molecule has 0 amide bonds. The summed E-state index contributed by atoms with van der Waals surface area (Å²) < 4.78 is 23.0. The summed E-state index contributed by atoms with van der Waals surface area (Å²) in [5.74, 6) is 0.828. The van der Waals surface area contributed by atoms with E-state index in [1.165, 1.54) is 18.1 Å². The smallest absolute Gasteiger partial charge is 0.177 e. The zero-order valence-corrected chi connectivity index (χ0v) is 13.9. The predicted molar refractivity (Wildman–Crippen MR) is 90.6 cm³/mol. The molecule has 3 heterocycles. The first-order valence-electron chi connectivity index (χ1n) is 7.60. The Balaban J connectivity index is 1.71. The van der Waals surface area contributed by atoms with E-state index >= 15 is 0 Å². The third-order valence-electron chi connectivity index (χ3n) is 4.00. The molecule has 0 aliphatic carbocycles. The topological polar surface area (TPSA) is 66.4 Å². The van der Waals surface area contributed by atoms with Crippen molar-refractivity contribution >= 4 is 21.3 Å². The van der Waals surface area contributed by atoms with Crippen molar-refractivity contribution in [2.45, 2.75) is 11.3 Å². The molecule has 0 radical (unpaired) electrons. The van der Waals surface area contributed by atoms with E-state index in [2.05, 4.69) is 19.8 Å². The number of pyridine rings is 2. The second-order valence-electron chi connectivity index (χ2n) is 5.66. The van der Waals surface area contributed by atoms with Crippen LogP contribution in [-0.4, -0.2) is 50.8 Å². The normalized spacial score (nSPS) is 16.2. The lowest BCUT2D eigenvalue weighted by Gasteiger charge is -2.24. The molecule has 1 aliphatic rings. The van der Waals surface area contributed by atoms with Crippen LogP contribution in [0.1, 0.15) is 6.42 Å². The first-order valence-corrected chi connectivity index (χ1v) is 9.49. The summed E-state index contributed by atoms with van der Waals surface area (Å²) in [6.45, 7) is 3.65. The van der Waals surface area contributed by atoms with Crippen LogP contribution in [0.3, 0.4) is 0 Å². The molecular formula is C16H20N4O2S. The second-order valence-corrected chi connectivity index (χ2v) is 7.67. The number of nitrogens with zero attached hydrogens (tertiary/aromatic N) is 4. The molecule has 0 atom stereocenters. The van der Waals surface area contributed by atoms with Gasteiger partial charge in [0.25, 0.3) is 0 Å². The highest BCUT2D eigenvalue weighted by Crippen LogP contribution is 2.19. The van der Waals surface area contributed by atoms with Crippen LogP contribution in [-0.2, 0) is 9.84 Å². The Morgan fingerprint density at radius 2 is 1.65 bits per heavy atom. The molecule has 0 N–H and O–H groups in total. The van der Waals surface area contributed by atoms with Gasteiger partial charge in [0.05, 0.1) is 4.90 Å². The molecule has 0 spiro atoms. The summed E-state index contributed by atoms with van der Waals surface area (Å²) in [6.07, 6.45) is 7.28. The summed E-state index contributed by atoms with van der Waals surface area (Å²) in [6, 6.07) is 7.46. The van der Waals surface area contributed by atoms with E-state index < -0.39 is 9.84 Å². The minimum atomic E-state index is -3.20. The summed E-state index contributed by atoms with van der Waals surface area (Å²) in [4.78, 5) is 13.2. The van der Waals surface area contributed by atoms with Gasteiger partial charge >= 0.3 is 0 Å². The molecule has 2 aromatic heterocycles. The van der Waals surface area contributed by atoms with Crippen molar-refractivity contribution in [3.8, 4) is 0 Å². The van der Waals surface area contributed by atoms with E-state index in [1.54, 1.807) is 12.1 Å². The lowest BCUT2D eigenvalue weighted by molar-refractivity contribution is 0.601. The van der Waals surface area contributed by atoms with E-state index in [1.807, 2.05) is 24.5 Å². The van der Waals surface area contributed by atoms with Crippen LogP contribution in [0.2, 0.25) is 0 Å². The van der Waals surface area contributed by atoms with Gasteiger partial charge in [-0.05, 0) is 30.7 Å². The quantitative estimate of drug-likeness (QED) is 0.850. The summed E-state index contributed by atoms with van der Waals surface area (Å²) in [5.41, 5.74) is 1.18. The second kappa shape index (κ2) is 6.54. The first-order chi connectivity index (χ1) is 11.0. The summed E-state index contributed by atoms with van der Waals surface area (Å²) in [7, 11) is -3.20. The van der Waals surface area contributed by atoms with Gasteiger partial charge in [-0.2, -0.15) is 0 Å². The maximum Gasteiger partial charge on any atom is 0.177 e. The fourth-order valence-electron chi connectivity index (χ4n) is 2.74. The number of anilines is 2. The molecule has 6 nitrogen and oxygen atoms in total. The predicted octanol–water partition coefficient (Wildman–Crippen LogP) is 1.60. The molecule has 0 saturated carbocycles. The highest BCUT2D eigenvalue weighted by atomic mass is 32.2. The largest absolute Gasteiger partial charge is 0.370 e. The van der Waals surface area contributed by atoms with Crippen LogP contribution >= 0.6 is 0 Å². The average Bonchev–Trinajstić information content (AvgIpc) is 2.81. The number of hydrogen-bond acceptors (Lipinski definition) is 6. The van der Waals surface area contributed by atoms with Gasteiger partial charge in [-0.25, -0.2) is 13.4 Å². The van der Waals surface area contributed by atoms with Gasteiger partial charge < -0.3 is 9.80 Å².